The Labute approximate surface area is 116 Å². The minimum absolute atomic E-state index is 0.216. The van der Waals surface area contributed by atoms with Crippen LogP contribution in [0.1, 0.15) is 15.9 Å². The van der Waals surface area contributed by atoms with Crippen LogP contribution in [-0.2, 0) is 0 Å². The third-order valence-electron chi connectivity index (χ3n) is 2.92. The second-order valence-electron chi connectivity index (χ2n) is 4.18. The van der Waals surface area contributed by atoms with E-state index in [0.717, 1.165) is 16.9 Å². The first kappa shape index (κ1) is 13.4. The van der Waals surface area contributed by atoms with Gasteiger partial charge in [-0.2, -0.15) is 0 Å². The molecule has 0 aromatic heterocycles. The number of aryl methyl sites for hydroxylation is 1. The molecule has 2 rings (SSSR count). The van der Waals surface area contributed by atoms with Crippen LogP contribution in [-0.4, -0.2) is 18.2 Å². The van der Waals surface area contributed by atoms with E-state index >= 15 is 0 Å². The quantitative estimate of drug-likeness (QED) is 0.921. The molecule has 0 unspecified atom stereocenters. The fourth-order valence-electron chi connectivity index (χ4n) is 1.93. The van der Waals surface area contributed by atoms with Crippen LogP contribution >= 0.6 is 11.6 Å². The molecule has 0 heterocycles. The first-order valence-corrected chi connectivity index (χ1v) is 6.08. The first-order chi connectivity index (χ1) is 9.02. The Morgan fingerprint density at radius 1 is 1.21 bits per heavy atom. The summed E-state index contributed by atoms with van der Waals surface area (Å²) in [6.07, 6.45) is 0. The number of carboxylic acids is 1. The Bertz CT molecular complexity index is 635. The van der Waals surface area contributed by atoms with Crippen molar-refractivity contribution in [1.29, 1.82) is 0 Å². The summed E-state index contributed by atoms with van der Waals surface area (Å²) in [5, 5.41) is 9.54. The lowest BCUT2D eigenvalue weighted by Gasteiger charge is -2.09. The maximum atomic E-state index is 11.0. The van der Waals surface area contributed by atoms with Gasteiger partial charge in [0.05, 0.1) is 12.7 Å². The first-order valence-electron chi connectivity index (χ1n) is 5.71. The van der Waals surface area contributed by atoms with Gasteiger partial charge < -0.3 is 9.84 Å². The normalized spacial score (nSPS) is 10.3. The molecule has 2 aromatic carbocycles. The molecule has 0 saturated heterocycles. The van der Waals surface area contributed by atoms with Crippen molar-refractivity contribution in [3.8, 4) is 16.9 Å². The zero-order valence-electron chi connectivity index (χ0n) is 10.6. The zero-order chi connectivity index (χ0) is 14.0. The van der Waals surface area contributed by atoms with Crippen LogP contribution in [0.25, 0.3) is 11.1 Å². The molecule has 0 spiro atoms. The monoisotopic (exact) mass is 276 g/mol. The standard InChI is InChI=1S/C15H13ClO3/c1-9-7-10(4-6-14(9)19-2)12-8-11(15(17)18)3-5-13(12)16/h3-8H,1-2H3,(H,17,18). The number of carbonyl (C=O) groups is 1. The summed E-state index contributed by atoms with van der Waals surface area (Å²) in [5.41, 5.74) is 2.75. The molecule has 0 saturated carbocycles. The van der Waals surface area contributed by atoms with Crippen molar-refractivity contribution in [3.05, 3.63) is 52.5 Å². The number of ether oxygens (including phenoxy) is 1. The molecule has 0 aliphatic carbocycles. The molecule has 0 bridgehead atoms. The van der Waals surface area contributed by atoms with E-state index in [-0.39, 0.29) is 5.56 Å². The molecule has 0 atom stereocenters. The van der Waals surface area contributed by atoms with E-state index in [1.165, 1.54) is 6.07 Å². The second-order valence-corrected chi connectivity index (χ2v) is 4.59. The minimum atomic E-state index is -0.969. The molecule has 0 amide bonds. The molecule has 0 aliphatic heterocycles. The summed E-state index contributed by atoms with van der Waals surface area (Å²) in [6, 6.07) is 10.3. The topological polar surface area (TPSA) is 46.5 Å². The molecular weight excluding hydrogens is 264 g/mol. The number of hydrogen-bond acceptors (Lipinski definition) is 2. The molecular formula is C15H13ClO3. The number of halogens is 1. The van der Waals surface area contributed by atoms with Crippen LogP contribution in [0.5, 0.6) is 5.75 Å². The van der Waals surface area contributed by atoms with Gasteiger partial charge >= 0.3 is 5.97 Å². The van der Waals surface area contributed by atoms with Crippen LogP contribution in [0.15, 0.2) is 36.4 Å². The zero-order valence-corrected chi connectivity index (χ0v) is 11.4. The van der Waals surface area contributed by atoms with Crippen LogP contribution in [0, 0.1) is 6.92 Å². The van der Waals surface area contributed by atoms with E-state index in [4.69, 9.17) is 21.4 Å². The SMILES string of the molecule is COc1ccc(-c2cc(C(=O)O)ccc2Cl)cc1C. The maximum absolute atomic E-state index is 11.0. The van der Waals surface area contributed by atoms with Gasteiger partial charge in [-0.05, 0) is 48.4 Å². The highest BCUT2D eigenvalue weighted by Gasteiger charge is 2.10. The Kier molecular flexibility index (Phi) is 3.76. The van der Waals surface area contributed by atoms with E-state index in [1.807, 2.05) is 25.1 Å². The second kappa shape index (κ2) is 5.33. The van der Waals surface area contributed by atoms with E-state index in [9.17, 15) is 4.79 Å². The number of hydrogen-bond donors (Lipinski definition) is 1. The van der Waals surface area contributed by atoms with Gasteiger partial charge in [0.15, 0.2) is 0 Å². The average Bonchev–Trinajstić information content (AvgIpc) is 2.38. The minimum Gasteiger partial charge on any atom is -0.496 e. The van der Waals surface area contributed by atoms with E-state index in [0.29, 0.717) is 10.6 Å². The summed E-state index contributed by atoms with van der Waals surface area (Å²) in [4.78, 5) is 11.0. The van der Waals surface area contributed by atoms with Gasteiger partial charge in [0.1, 0.15) is 5.75 Å². The molecule has 19 heavy (non-hydrogen) atoms. The van der Waals surface area contributed by atoms with Gasteiger partial charge in [0.25, 0.3) is 0 Å². The van der Waals surface area contributed by atoms with Crippen LogP contribution in [0.4, 0.5) is 0 Å². The lowest BCUT2D eigenvalue weighted by Crippen LogP contribution is -1.96. The third-order valence-corrected chi connectivity index (χ3v) is 3.25. The summed E-state index contributed by atoms with van der Waals surface area (Å²) in [5.74, 6) is -0.183. The van der Waals surface area contributed by atoms with Gasteiger partial charge in [0.2, 0.25) is 0 Å². The van der Waals surface area contributed by atoms with Crippen LogP contribution in [0.2, 0.25) is 5.02 Å². The van der Waals surface area contributed by atoms with Crippen LogP contribution in [0.3, 0.4) is 0 Å². The molecule has 0 aliphatic rings. The Morgan fingerprint density at radius 3 is 2.53 bits per heavy atom. The molecule has 4 heteroatoms. The van der Waals surface area contributed by atoms with Crippen molar-refractivity contribution >= 4 is 17.6 Å². The van der Waals surface area contributed by atoms with Crippen molar-refractivity contribution < 1.29 is 14.6 Å². The average molecular weight is 277 g/mol. The van der Waals surface area contributed by atoms with Gasteiger partial charge in [-0.25, -0.2) is 4.79 Å². The van der Waals surface area contributed by atoms with Gasteiger partial charge in [-0.15, -0.1) is 0 Å². The highest BCUT2D eigenvalue weighted by molar-refractivity contribution is 6.33. The Balaban J connectivity index is 2.54. The predicted octanol–water partition coefficient (Wildman–Crippen LogP) is 4.02. The third kappa shape index (κ3) is 2.71. The molecule has 98 valence electrons. The van der Waals surface area contributed by atoms with Crippen molar-refractivity contribution in [3.63, 3.8) is 0 Å². The van der Waals surface area contributed by atoms with Crippen molar-refractivity contribution in [2.45, 2.75) is 6.92 Å². The van der Waals surface area contributed by atoms with Gasteiger partial charge in [-0.3, -0.25) is 0 Å². The number of rotatable bonds is 3. The molecule has 3 nitrogen and oxygen atoms in total. The summed E-state index contributed by atoms with van der Waals surface area (Å²) in [7, 11) is 1.61. The van der Waals surface area contributed by atoms with E-state index < -0.39 is 5.97 Å². The van der Waals surface area contributed by atoms with Gasteiger partial charge in [-0.1, -0.05) is 17.7 Å². The number of aromatic carboxylic acids is 1. The molecule has 0 fully saturated rings. The summed E-state index contributed by atoms with van der Waals surface area (Å²) < 4.78 is 5.20. The number of benzene rings is 2. The summed E-state index contributed by atoms with van der Waals surface area (Å²) in [6.45, 7) is 1.93. The fraction of sp³-hybridized carbons (Fsp3) is 0.133. The highest BCUT2D eigenvalue weighted by atomic mass is 35.5. The van der Waals surface area contributed by atoms with Gasteiger partial charge in [0, 0.05) is 10.6 Å². The maximum Gasteiger partial charge on any atom is 0.335 e. The molecule has 1 N–H and O–H groups in total. The van der Waals surface area contributed by atoms with Crippen molar-refractivity contribution in [1.82, 2.24) is 0 Å². The van der Waals surface area contributed by atoms with E-state index in [1.54, 1.807) is 19.2 Å². The lowest BCUT2D eigenvalue weighted by atomic mass is 10.0. The molecule has 2 aromatic rings. The Morgan fingerprint density at radius 2 is 1.95 bits per heavy atom. The van der Waals surface area contributed by atoms with Crippen LogP contribution < -0.4 is 4.74 Å². The van der Waals surface area contributed by atoms with E-state index in [2.05, 4.69) is 0 Å². The summed E-state index contributed by atoms with van der Waals surface area (Å²) >= 11 is 6.14. The smallest absolute Gasteiger partial charge is 0.335 e. The number of carboxylic acid groups (broad SMARTS) is 1. The predicted molar refractivity (Wildman–Crippen MR) is 75.1 cm³/mol. The molecule has 0 radical (unpaired) electrons. The lowest BCUT2D eigenvalue weighted by molar-refractivity contribution is 0.0697. The largest absolute Gasteiger partial charge is 0.496 e. The number of methoxy groups -OCH3 is 1. The van der Waals surface area contributed by atoms with Crippen molar-refractivity contribution in [2.75, 3.05) is 7.11 Å². The highest BCUT2D eigenvalue weighted by Crippen LogP contribution is 2.31. The Hall–Kier alpha value is -2.00. The fourth-order valence-corrected chi connectivity index (χ4v) is 2.15. The van der Waals surface area contributed by atoms with Crippen molar-refractivity contribution in [2.24, 2.45) is 0 Å².